The Hall–Kier alpha value is -0.660. The van der Waals surface area contributed by atoms with Gasteiger partial charge >= 0.3 is 0 Å². The Balaban J connectivity index is 1.99. The second kappa shape index (κ2) is 28.9. The number of hydrogen-bond donors (Lipinski definition) is 0. The van der Waals surface area contributed by atoms with Crippen LogP contribution in [-0.2, 0) is 0 Å². The lowest BCUT2D eigenvalue weighted by atomic mass is 10.0. The first-order valence-corrected chi connectivity index (χ1v) is 18.5. The van der Waals surface area contributed by atoms with Gasteiger partial charge in [-0.2, -0.15) is 0 Å². The summed E-state index contributed by atoms with van der Waals surface area (Å²) in [5.74, 6) is 0. The van der Waals surface area contributed by atoms with Gasteiger partial charge in [-0.15, -0.1) is 0 Å². The van der Waals surface area contributed by atoms with Crippen LogP contribution >= 0.6 is 0 Å². The van der Waals surface area contributed by atoms with Gasteiger partial charge in [0.2, 0.25) is 0 Å². The van der Waals surface area contributed by atoms with Crippen molar-refractivity contribution in [3.05, 3.63) is 12.4 Å². The highest BCUT2D eigenvalue weighted by Crippen LogP contribution is 2.23. The molecule has 0 aromatic carbocycles. The van der Waals surface area contributed by atoms with E-state index in [2.05, 4.69) is 43.0 Å². The highest BCUT2D eigenvalue weighted by atomic mass is 15.4. The Labute approximate surface area is 248 Å². The lowest BCUT2D eigenvalue weighted by Crippen LogP contribution is -2.39. The van der Waals surface area contributed by atoms with E-state index in [0.29, 0.717) is 6.17 Å². The van der Waals surface area contributed by atoms with E-state index in [1.54, 1.807) is 0 Å². The summed E-state index contributed by atoms with van der Waals surface area (Å²) in [6.07, 6.45) is 47.1. The zero-order valence-electron chi connectivity index (χ0n) is 27.5. The monoisotopic (exact) mass is 547 g/mol. The van der Waals surface area contributed by atoms with Crippen LogP contribution < -0.4 is 0 Å². The number of rotatable bonds is 31. The highest BCUT2D eigenvalue weighted by molar-refractivity contribution is 4.96. The molecular formula is C37H74N2. The van der Waals surface area contributed by atoms with Crippen molar-refractivity contribution in [2.24, 2.45) is 0 Å². The first-order valence-electron chi connectivity index (χ1n) is 18.5. The van der Waals surface area contributed by atoms with Gasteiger partial charge in [-0.05, 0) is 25.7 Å². The van der Waals surface area contributed by atoms with Crippen LogP contribution in [0.1, 0.15) is 207 Å². The van der Waals surface area contributed by atoms with Crippen molar-refractivity contribution < 1.29 is 0 Å². The Morgan fingerprint density at radius 3 is 1.00 bits per heavy atom. The normalized spacial score (nSPS) is 15.2. The van der Waals surface area contributed by atoms with E-state index < -0.39 is 0 Å². The molecule has 0 aromatic heterocycles. The topological polar surface area (TPSA) is 6.48 Å². The molecule has 0 aliphatic carbocycles. The van der Waals surface area contributed by atoms with Crippen molar-refractivity contribution in [1.82, 2.24) is 9.80 Å². The Morgan fingerprint density at radius 2 is 0.641 bits per heavy atom. The number of unbranched alkanes of at least 4 members (excludes halogenated alkanes) is 25. The summed E-state index contributed by atoms with van der Waals surface area (Å²) < 4.78 is 0. The maximum absolute atomic E-state index is 2.68. The molecule has 2 nitrogen and oxygen atoms in total. The molecule has 0 radical (unpaired) electrons. The van der Waals surface area contributed by atoms with E-state index in [1.807, 2.05) is 0 Å². The molecule has 1 unspecified atom stereocenters. The highest BCUT2D eigenvalue weighted by Gasteiger charge is 2.24. The molecular weight excluding hydrogens is 472 g/mol. The van der Waals surface area contributed by atoms with Gasteiger partial charge in [-0.1, -0.05) is 181 Å². The quantitative estimate of drug-likeness (QED) is 0.0798. The standard InChI is InChI=1S/C37H74N2/c1-4-7-9-11-13-15-17-19-20-21-23-25-27-29-31-34-39-36-35-38(33-6-3)37(39)32-30-28-26-24-22-18-16-14-12-10-8-5-2/h35-37H,4-34H2,1-3H3. The molecule has 0 amide bonds. The van der Waals surface area contributed by atoms with Crippen LogP contribution in [0.15, 0.2) is 12.4 Å². The minimum absolute atomic E-state index is 0.639. The van der Waals surface area contributed by atoms with E-state index in [0.717, 1.165) is 0 Å². The molecule has 1 atom stereocenters. The van der Waals surface area contributed by atoms with Crippen LogP contribution in [0, 0.1) is 0 Å². The minimum Gasteiger partial charge on any atom is -0.356 e. The van der Waals surface area contributed by atoms with Crippen molar-refractivity contribution >= 4 is 0 Å². The first-order chi connectivity index (χ1) is 19.3. The van der Waals surface area contributed by atoms with Gasteiger partial charge in [-0.25, -0.2) is 0 Å². The molecule has 0 fully saturated rings. The summed E-state index contributed by atoms with van der Waals surface area (Å²) in [5.41, 5.74) is 0. The molecule has 2 heteroatoms. The summed E-state index contributed by atoms with van der Waals surface area (Å²) in [7, 11) is 0. The van der Waals surface area contributed by atoms with Crippen molar-refractivity contribution in [2.45, 2.75) is 213 Å². The number of nitrogens with zero attached hydrogens (tertiary/aromatic N) is 2. The van der Waals surface area contributed by atoms with E-state index in [4.69, 9.17) is 0 Å². The van der Waals surface area contributed by atoms with Gasteiger partial charge in [0.15, 0.2) is 0 Å². The largest absolute Gasteiger partial charge is 0.356 e. The zero-order chi connectivity index (χ0) is 28.1. The molecule has 0 aromatic rings. The van der Waals surface area contributed by atoms with Crippen LogP contribution in [0.2, 0.25) is 0 Å². The van der Waals surface area contributed by atoms with E-state index in [1.165, 1.54) is 199 Å². The molecule has 1 aliphatic heterocycles. The van der Waals surface area contributed by atoms with Gasteiger partial charge in [0.1, 0.15) is 6.17 Å². The lowest BCUT2D eigenvalue weighted by Gasteiger charge is -2.33. The Bertz CT molecular complexity index is 502. The average Bonchev–Trinajstić information content (AvgIpc) is 3.32. The van der Waals surface area contributed by atoms with Crippen LogP contribution in [0.5, 0.6) is 0 Å². The molecule has 1 aliphatic rings. The fourth-order valence-corrected chi connectivity index (χ4v) is 6.43. The first kappa shape index (κ1) is 36.4. The predicted molar refractivity (Wildman–Crippen MR) is 177 cm³/mol. The smallest absolute Gasteiger partial charge is 0.101 e. The van der Waals surface area contributed by atoms with Crippen molar-refractivity contribution in [1.29, 1.82) is 0 Å². The molecule has 232 valence electrons. The molecule has 0 spiro atoms. The van der Waals surface area contributed by atoms with E-state index in [9.17, 15) is 0 Å². The Morgan fingerprint density at radius 1 is 0.333 bits per heavy atom. The van der Waals surface area contributed by atoms with Gasteiger partial charge in [0, 0.05) is 25.5 Å². The van der Waals surface area contributed by atoms with Crippen molar-refractivity contribution in [2.75, 3.05) is 13.1 Å². The van der Waals surface area contributed by atoms with Crippen molar-refractivity contribution in [3.63, 3.8) is 0 Å². The van der Waals surface area contributed by atoms with Crippen LogP contribution in [0.25, 0.3) is 0 Å². The summed E-state index contributed by atoms with van der Waals surface area (Å²) in [5, 5.41) is 0. The van der Waals surface area contributed by atoms with Crippen molar-refractivity contribution in [3.8, 4) is 0 Å². The maximum Gasteiger partial charge on any atom is 0.101 e. The predicted octanol–water partition coefficient (Wildman–Crippen LogP) is 12.8. The van der Waals surface area contributed by atoms with Crippen LogP contribution in [0.3, 0.4) is 0 Å². The second-order valence-corrected chi connectivity index (χ2v) is 12.9. The molecule has 1 heterocycles. The van der Waals surface area contributed by atoms with Gasteiger partial charge < -0.3 is 9.80 Å². The SMILES string of the molecule is CCCCCCCCCCCCCCCCCN1C=CN(CCC)C1CCCCCCCCCCCCCC. The third-order valence-electron chi connectivity index (χ3n) is 9.03. The van der Waals surface area contributed by atoms with Gasteiger partial charge in [0.05, 0.1) is 0 Å². The van der Waals surface area contributed by atoms with E-state index in [-0.39, 0.29) is 0 Å². The van der Waals surface area contributed by atoms with Crippen LogP contribution in [0.4, 0.5) is 0 Å². The molecule has 0 bridgehead atoms. The fraction of sp³-hybridized carbons (Fsp3) is 0.946. The lowest BCUT2D eigenvalue weighted by molar-refractivity contribution is 0.137. The molecule has 39 heavy (non-hydrogen) atoms. The molecule has 0 saturated heterocycles. The van der Waals surface area contributed by atoms with Gasteiger partial charge in [0.25, 0.3) is 0 Å². The maximum atomic E-state index is 2.68. The minimum atomic E-state index is 0.639. The molecule has 0 saturated carbocycles. The molecule has 1 rings (SSSR count). The van der Waals surface area contributed by atoms with Crippen LogP contribution in [-0.4, -0.2) is 29.1 Å². The summed E-state index contributed by atoms with van der Waals surface area (Å²) in [6, 6.07) is 0. The van der Waals surface area contributed by atoms with E-state index >= 15 is 0 Å². The summed E-state index contributed by atoms with van der Waals surface area (Å²) in [6.45, 7) is 9.42. The third-order valence-corrected chi connectivity index (χ3v) is 9.03. The third kappa shape index (κ3) is 21.7. The fourth-order valence-electron chi connectivity index (χ4n) is 6.43. The summed E-state index contributed by atoms with van der Waals surface area (Å²) in [4.78, 5) is 5.31. The second-order valence-electron chi connectivity index (χ2n) is 12.9. The molecule has 0 N–H and O–H groups in total. The van der Waals surface area contributed by atoms with Gasteiger partial charge in [-0.3, -0.25) is 0 Å². The zero-order valence-corrected chi connectivity index (χ0v) is 27.5. The number of hydrogen-bond acceptors (Lipinski definition) is 2. The Kier molecular flexibility index (Phi) is 26.9. The average molecular weight is 547 g/mol. The summed E-state index contributed by atoms with van der Waals surface area (Å²) >= 11 is 0.